The third-order valence-corrected chi connectivity index (χ3v) is 7.41. The van der Waals surface area contributed by atoms with Gasteiger partial charge in [0.2, 0.25) is 0 Å². The van der Waals surface area contributed by atoms with Crippen molar-refractivity contribution in [1.82, 2.24) is 20.1 Å². The number of carbonyl (C=O) groups excluding carboxylic acids is 1. The average molecular weight is 431 g/mol. The number of amides is 2. The van der Waals surface area contributed by atoms with Crippen LogP contribution in [0.15, 0.2) is 12.1 Å². The molecule has 3 heterocycles. The highest BCUT2D eigenvalue weighted by Gasteiger charge is 2.55. The molecule has 1 aromatic rings. The first-order valence-corrected chi connectivity index (χ1v) is 11.4. The summed E-state index contributed by atoms with van der Waals surface area (Å²) >= 11 is 0. The maximum Gasteiger partial charge on any atom is 0.408 e. The van der Waals surface area contributed by atoms with Gasteiger partial charge in [-0.2, -0.15) is 0 Å². The van der Waals surface area contributed by atoms with E-state index < -0.39 is 11.6 Å². The Kier molecular flexibility index (Phi) is 6.65. The van der Waals surface area contributed by atoms with Gasteiger partial charge in [0.25, 0.3) is 5.91 Å². The number of hydrogen-bond donors (Lipinski definition) is 2. The van der Waals surface area contributed by atoms with Crippen molar-refractivity contribution in [2.24, 2.45) is 17.3 Å². The first kappa shape index (κ1) is 23.5. The molecule has 7 heteroatoms. The molecule has 31 heavy (non-hydrogen) atoms. The molecular weight excluding hydrogens is 392 g/mol. The summed E-state index contributed by atoms with van der Waals surface area (Å²) in [5.74, 6) is 0.976. The van der Waals surface area contributed by atoms with E-state index in [1.807, 2.05) is 19.1 Å². The number of aromatic nitrogens is 1. The van der Waals surface area contributed by atoms with E-state index in [0.717, 1.165) is 44.5 Å². The molecule has 2 amide bonds. The van der Waals surface area contributed by atoms with Crippen LogP contribution in [0.2, 0.25) is 0 Å². The van der Waals surface area contributed by atoms with Crippen LogP contribution in [0.25, 0.3) is 0 Å². The van der Waals surface area contributed by atoms with Gasteiger partial charge >= 0.3 is 6.09 Å². The molecule has 2 aliphatic rings. The van der Waals surface area contributed by atoms with E-state index in [1.165, 1.54) is 0 Å². The van der Waals surface area contributed by atoms with E-state index in [-0.39, 0.29) is 11.3 Å². The molecule has 0 bridgehead atoms. The molecule has 7 nitrogen and oxygen atoms in total. The molecule has 2 aliphatic heterocycles. The first-order chi connectivity index (χ1) is 14.5. The zero-order valence-corrected chi connectivity index (χ0v) is 19.9. The van der Waals surface area contributed by atoms with Crippen LogP contribution in [0, 0.1) is 24.2 Å². The fourth-order valence-corrected chi connectivity index (χ4v) is 5.65. The second kappa shape index (κ2) is 8.77. The predicted molar refractivity (Wildman–Crippen MR) is 121 cm³/mol. The number of nitrogens with zero attached hydrogens (tertiary/aromatic N) is 3. The standard InChI is InChI=1S/C24H38N4O3/c1-16-19(21(29)27(5)6)7-8-20(26-16)24(23(2,3)4)15-18(11-14-28(24)22(30)31)17-9-12-25-13-10-17/h7-8,17-18,25H,9-15H2,1-6H3,(H,30,31). The number of pyridine rings is 1. The molecule has 2 unspecified atom stereocenters. The van der Waals surface area contributed by atoms with Crippen LogP contribution in [-0.4, -0.2) is 65.6 Å². The number of piperidine rings is 2. The number of rotatable bonds is 3. The fraction of sp³-hybridized carbons (Fsp3) is 0.708. The van der Waals surface area contributed by atoms with E-state index >= 15 is 0 Å². The number of nitrogens with one attached hydrogen (secondary N) is 1. The Morgan fingerprint density at radius 1 is 1.16 bits per heavy atom. The van der Waals surface area contributed by atoms with Gasteiger partial charge in [-0.25, -0.2) is 4.79 Å². The molecule has 2 saturated heterocycles. The highest BCUT2D eigenvalue weighted by atomic mass is 16.4. The third-order valence-electron chi connectivity index (χ3n) is 7.41. The van der Waals surface area contributed by atoms with E-state index in [2.05, 4.69) is 26.1 Å². The van der Waals surface area contributed by atoms with Crippen LogP contribution < -0.4 is 5.32 Å². The second-order valence-electron chi connectivity index (χ2n) is 10.4. The van der Waals surface area contributed by atoms with Gasteiger partial charge in [-0.3, -0.25) is 14.7 Å². The van der Waals surface area contributed by atoms with Gasteiger partial charge in [0, 0.05) is 20.6 Å². The molecule has 0 aliphatic carbocycles. The molecule has 0 spiro atoms. The van der Waals surface area contributed by atoms with Crippen molar-refractivity contribution in [3.05, 3.63) is 29.1 Å². The van der Waals surface area contributed by atoms with Crippen LogP contribution in [0.1, 0.15) is 68.2 Å². The van der Waals surface area contributed by atoms with Crippen molar-refractivity contribution >= 4 is 12.0 Å². The highest BCUT2D eigenvalue weighted by molar-refractivity contribution is 5.94. The number of hydrogen-bond acceptors (Lipinski definition) is 4. The largest absolute Gasteiger partial charge is 0.465 e. The van der Waals surface area contributed by atoms with Crippen molar-refractivity contribution in [1.29, 1.82) is 0 Å². The molecular formula is C24H38N4O3. The Morgan fingerprint density at radius 3 is 2.32 bits per heavy atom. The minimum Gasteiger partial charge on any atom is -0.465 e. The van der Waals surface area contributed by atoms with Crippen molar-refractivity contribution < 1.29 is 14.7 Å². The smallest absolute Gasteiger partial charge is 0.408 e. The summed E-state index contributed by atoms with van der Waals surface area (Å²) in [4.78, 5) is 33.0. The predicted octanol–water partition coefficient (Wildman–Crippen LogP) is 3.72. The van der Waals surface area contributed by atoms with Gasteiger partial charge in [-0.1, -0.05) is 20.8 Å². The molecule has 0 radical (unpaired) electrons. The molecule has 0 saturated carbocycles. The zero-order valence-electron chi connectivity index (χ0n) is 19.9. The average Bonchev–Trinajstić information content (AvgIpc) is 2.72. The summed E-state index contributed by atoms with van der Waals surface area (Å²) < 4.78 is 0. The quantitative estimate of drug-likeness (QED) is 0.763. The van der Waals surface area contributed by atoms with Crippen molar-refractivity contribution in [2.75, 3.05) is 33.7 Å². The van der Waals surface area contributed by atoms with Crippen LogP contribution in [0.3, 0.4) is 0 Å². The maximum atomic E-state index is 12.5. The third kappa shape index (κ3) is 4.29. The summed E-state index contributed by atoms with van der Waals surface area (Å²) in [6.07, 6.45) is 3.04. The lowest BCUT2D eigenvalue weighted by Gasteiger charge is -2.56. The Bertz CT molecular complexity index is 827. The van der Waals surface area contributed by atoms with Crippen LogP contribution in [0.4, 0.5) is 4.79 Å². The van der Waals surface area contributed by atoms with Gasteiger partial charge in [0.05, 0.1) is 22.5 Å². The SMILES string of the molecule is Cc1nc(C2(C(C)(C)C)CC(C3CCNCC3)CCN2C(=O)O)ccc1C(=O)N(C)C. The normalized spacial score (nSPS) is 25.4. The minimum atomic E-state index is -0.897. The Labute approximate surface area is 186 Å². The fourth-order valence-electron chi connectivity index (χ4n) is 5.65. The van der Waals surface area contributed by atoms with E-state index in [9.17, 15) is 14.7 Å². The second-order valence-corrected chi connectivity index (χ2v) is 10.4. The lowest BCUT2D eigenvalue weighted by atomic mass is 9.61. The summed E-state index contributed by atoms with van der Waals surface area (Å²) in [7, 11) is 3.45. The Morgan fingerprint density at radius 2 is 1.81 bits per heavy atom. The topological polar surface area (TPSA) is 85.8 Å². The summed E-state index contributed by atoms with van der Waals surface area (Å²) in [5.41, 5.74) is 0.869. The number of carboxylic acid groups (broad SMARTS) is 1. The summed E-state index contributed by atoms with van der Waals surface area (Å²) in [6.45, 7) is 10.8. The summed E-state index contributed by atoms with van der Waals surface area (Å²) in [5, 5.41) is 13.7. The zero-order chi connectivity index (χ0) is 23.0. The molecule has 3 rings (SSSR count). The van der Waals surface area contributed by atoms with Gasteiger partial charge in [-0.15, -0.1) is 0 Å². The lowest BCUT2D eigenvalue weighted by molar-refractivity contribution is -0.0622. The molecule has 2 N–H and O–H groups in total. The molecule has 2 atom stereocenters. The van der Waals surface area contributed by atoms with Crippen LogP contribution in [-0.2, 0) is 5.54 Å². The van der Waals surface area contributed by atoms with E-state index in [1.54, 1.807) is 23.9 Å². The molecule has 0 aromatic carbocycles. The lowest BCUT2D eigenvalue weighted by Crippen LogP contribution is -2.61. The summed E-state index contributed by atoms with van der Waals surface area (Å²) in [6, 6.07) is 3.71. The first-order valence-electron chi connectivity index (χ1n) is 11.4. The minimum absolute atomic E-state index is 0.0901. The van der Waals surface area contributed by atoms with Gasteiger partial charge in [0.15, 0.2) is 0 Å². The highest BCUT2D eigenvalue weighted by Crippen LogP contribution is 2.53. The van der Waals surface area contributed by atoms with Crippen molar-refractivity contribution in [3.8, 4) is 0 Å². The molecule has 1 aromatic heterocycles. The monoisotopic (exact) mass is 430 g/mol. The van der Waals surface area contributed by atoms with Gasteiger partial charge in [0.1, 0.15) is 0 Å². The van der Waals surface area contributed by atoms with Gasteiger partial charge in [-0.05, 0) is 75.1 Å². The number of likely N-dealkylation sites (tertiary alicyclic amines) is 1. The number of carbonyl (C=O) groups is 2. The van der Waals surface area contributed by atoms with E-state index in [4.69, 9.17) is 4.98 Å². The Balaban J connectivity index is 2.10. The number of aryl methyl sites for hydroxylation is 1. The Hall–Kier alpha value is -2.15. The molecule has 172 valence electrons. The van der Waals surface area contributed by atoms with Crippen molar-refractivity contribution in [2.45, 2.75) is 58.9 Å². The van der Waals surface area contributed by atoms with Crippen molar-refractivity contribution in [3.63, 3.8) is 0 Å². The van der Waals surface area contributed by atoms with E-state index in [0.29, 0.717) is 29.6 Å². The van der Waals surface area contributed by atoms with Crippen LogP contribution >= 0.6 is 0 Å². The van der Waals surface area contributed by atoms with Crippen LogP contribution in [0.5, 0.6) is 0 Å². The molecule has 2 fully saturated rings. The maximum absolute atomic E-state index is 12.5. The van der Waals surface area contributed by atoms with Gasteiger partial charge < -0.3 is 15.3 Å².